The number of aryl methyl sites for hydroxylation is 1. The van der Waals surface area contributed by atoms with E-state index in [0.717, 1.165) is 12.2 Å². The number of alkyl halides is 1. The van der Waals surface area contributed by atoms with Crippen molar-refractivity contribution >= 4 is 46.5 Å². The molecule has 2 unspecified atom stereocenters. The third-order valence-electron chi connectivity index (χ3n) is 4.63. The first-order valence-electron chi connectivity index (χ1n) is 9.53. The second-order valence-corrected chi connectivity index (χ2v) is 9.18. The summed E-state index contributed by atoms with van der Waals surface area (Å²) < 4.78 is 10.8. The molecular formula is C22H23Cl2NO3S. The van der Waals surface area contributed by atoms with E-state index in [4.69, 9.17) is 32.5 Å². The van der Waals surface area contributed by atoms with Gasteiger partial charge in [0.1, 0.15) is 22.8 Å². The van der Waals surface area contributed by atoms with Gasteiger partial charge in [-0.05, 0) is 56.2 Å². The number of thioether (sulfide) groups is 1. The Morgan fingerprint density at radius 3 is 2.76 bits per heavy atom. The Kier molecular flexibility index (Phi) is 7.49. The van der Waals surface area contributed by atoms with Gasteiger partial charge in [-0.25, -0.2) is 4.79 Å². The summed E-state index contributed by atoms with van der Waals surface area (Å²) in [5, 5.41) is 4.48. The minimum absolute atomic E-state index is 0.245. The normalized spacial score (nSPS) is 17.5. The maximum absolute atomic E-state index is 12.9. The number of hydrogen-bond donors (Lipinski definition) is 0. The van der Waals surface area contributed by atoms with Crippen molar-refractivity contribution in [2.45, 2.75) is 44.2 Å². The first-order chi connectivity index (χ1) is 13.9. The first-order valence-corrected chi connectivity index (χ1v) is 11.4. The number of benzene rings is 1. The van der Waals surface area contributed by atoms with Gasteiger partial charge >= 0.3 is 5.97 Å². The van der Waals surface area contributed by atoms with Crippen molar-refractivity contribution in [3.8, 4) is 5.75 Å². The Bertz CT molecular complexity index is 934. The number of aromatic nitrogens is 1. The van der Waals surface area contributed by atoms with E-state index in [2.05, 4.69) is 19.0 Å². The van der Waals surface area contributed by atoms with Gasteiger partial charge in [0.2, 0.25) is 0 Å². The zero-order valence-corrected chi connectivity index (χ0v) is 18.9. The molecule has 0 saturated carbocycles. The topological polar surface area (TPSA) is 52.3 Å². The Balaban J connectivity index is 1.80. The van der Waals surface area contributed by atoms with Crippen LogP contribution < -0.4 is 4.74 Å². The lowest BCUT2D eigenvalue weighted by molar-refractivity contribution is 0.0732. The average Bonchev–Trinajstić information content (AvgIpc) is 3.07. The minimum Gasteiger partial charge on any atom is -0.423 e. The van der Waals surface area contributed by atoms with Crippen molar-refractivity contribution in [1.29, 1.82) is 0 Å². The van der Waals surface area contributed by atoms with Crippen molar-refractivity contribution in [2.75, 3.05) is 5.75 Å². The standard InChI is InChI=1S/C22H23Cl2NO3S/c1-4-12-29-14(3)15-8-10-16(11-9-15)27-22(26)19-13(2)28-25-21(19)20-17(23)6-5-7-18(20)24/h5-6,8-11,14,18H,4,7,12H2,1-3H3. The highest BCUT2D eigenvalue weighted by molar-refractivity contribution is 7.99. The number of ether oxygens (including phenoxy) is 1. The van der Waals surface area contributed by atoms with Crippen LogP contribution in [0.15, 0.2) is 46.0 Å². The number of halogens is 2. The molecule has 0 spiro atoms. The van der Waals surface area contributed by atoms with E-state index < -0.39 is 5.97 Å². The lowest BCUT2D eigenvalue weighted by atomic mass is 9.97. The number of carbonyl (C=O) groups excluding carboxylic acids is 1. The van der Waals surface area contributed by atoms with Crippen LogP contribution in [0.3, 0.4) is 0 Å². The molecule has 1 aliphatic rings. The summed E-state index contributed by atoms with van der Waals surface area (Å²) in [7, 11) is 0. The summed E-state index contributed by atoms with van der Waals surface area (Å²) in [5.74, 6) is 1.39. The highest BCUT2D eigenvalue weighted by atomic mass is 35.5. The molecule has 1 aromatic heterocycles. The highest BCUT2D eigenvalue weighted by Crippen LogP contribution is 2.36. The Morgan fingerprint density at radius 2 is 2.10 bits per heavy atom. The molecule has 0 bridgehead atoms. The summed E-state index contributed by atoms with van der Waals surface area (Å²) in [5.41, 5.74) is 2.36. The van der Waals surface area contributed by atoms with Crippen LogP contribution in [-0.2, 0) is 0 Å². The molecule has 2 atom stereocenters. The quantitative estimate of drug-likeness (QED) is 0.259. The zero-order chi connectivity index (χ0) is 21.0. The molecule has 0 fully saturated rings. The molecule has 29 heavy (non-hydrogen) atoms. The van der Waals surface area contributed by atoms with Crippen LogP contribution >= 0.6 is 35.0 Å². The van der Waals surface area contributed by atoms with E-state index in [1.54, 1.807) is 25.1 Å². The van der Waals surface area contributed by atoms with Crippen LogP contribution in [-0.4, -0.2) is 22.3 Å². The third kappa shape index (κ3) is 5.08. The smallest absolute Gasteiger partial charge is 0.349 e. The minimum atomic E-state index is -0.546. The molecule has 0 saturated heterocycles. The fourth-order valence-electron chi connectivity index (χ4n) is 3.06. The molecule has 4 nitrogen and oxygen atoms in total. The molecule has 0 N–H and O–H groups in total. The van der Waals surface area contributed by atoms with Crippen LogP contribution in [0.4, 0.5) is 0 Å². The van der Waals surface area contributed by atoms with Crippen LogP contribution in [0, 0.1) is 6.92 Å². The van der Waals surface area contributed by atoms with E-state index >= 15 is 0 Å². The van der Waals surface area contributed by atoms with Crippen molar-refractivity contribution in [2.24, 2.45) is 0 Å². The second kappa shape index (κ2) is 9.88. The molecule has 2 aromatic rings. The lowest BCUT2D eigenvalue weighted by Gasteiger charge is -2.16. The monoisotopic (exact) mass is 451 g/mol. The van der Waals surface area contributed by atoms with Gasteiger partial charge in [-0.2, -0.15) is 11.8 Å². The van der Waals surface area contributed by atoms with Crippen LogP contribution in [0.5, 0.6) is 5.75 Å². The predicted octanol–water partition coefficient (Wildman–Crippen LogP) is 6.92. The fourth-order valence-corrected chi connectivity index (χ4v) is 4.69. The maximum atomic E-state index is 12.9. The highest BCUT2D eigenvalue weighted by Gasteiger charge is 2.30. The van der Waals surface area contributed by atoms with Gasteiger partial charge in [-0.15, -0.1) is 11.6 Å². The molecule has 0 amide bonds. The Hall–Kier alpha value is -1.69. The maximum Gasteiger partial charge on any atom is 0.349 e. The van der Waals surface area contributed by atoms with E-state index in [-0.39, 0.29) is 10.9 Å². The van der Waals surface area contributed by atoms with E-state index in [1.807, 2.05) is 30.0 Å². The van der Waals surface area contributed by atoms with E-state index in [0.29, 0.717) is 39.5 Å². The van der Waals surface area contributed by atoms with Gasteiger partial charge in [0, 0.05) is 15.9 Å². The number of nitrogens with zero attached hydrogens (tertiary/aromatic N) is 1. The van der Waals surface area contributed by atoms with Crippen LogP contribution in [0.25, 0.3) is 5.57 Å². The summed E-state index contributed by atoms with van der Waals surface area (Å²) >= 11 is 14.6. The van der Waals surface area contributed by atoms with Gasteiger partial charge < -0.3 is 9.26 Å². The summed E-state index contributed by atoms with van der Waals surface area (Å²) in [6.45, 7) is 6.01. The molecule has 1 heterocycles. The average molecular weight is 452 g/mol. The molecule has 1 aromatic carbocycles. The molecule has 0 aliphatic heterocycles. The first kappa shape index (κ1) is 22.0. The van der Waals surface area contributed by atoms with Crippen molar-refractivity contribution in [3.05, 3.63) is 64.0 Å². The summed E-state index contributed by atoms with van der Waals surface area (Å²) in [4.78, 5) is 12.9. The van der Waals surface area contributed by atoms with Gasteiger partial charge in [0.15, 0.2) is 0 Å². The van der Waals surface area contributed by atoms with Crippen molar-refractivity contribution in [1.82, 2.24) is 5.16 Å². The Morgan fingerprint density at radius 1 is 1.38 bits per heavy atom. The third-order valence-corrected chi connectivity index (χ3v) is 6.77. The van der Waals surface area contributed by atoms with Crippen LogP contribution in [0.2, 0.25) is 0 Å². The van der Waals surface area contributed by atoms with Gasteiger partial charge in [-0.1, -0.05) is 41.9 Å². The summed E-state index contributed by atoms with van der Waals surface area (Å²) in [6, 6.07) is 7.58. The molecule has 3 rings (SSSR count). The molecule has 1 aliphatic carbocycles. The zero-order valence-electron chi connectivity index (χ0n) is 16.6. The summed E-state index contributed by atoms with van der Waals surface area (Å²) in [6.07, 6.45) is 5.38. The number of esters is 1. The second-order valence-electron chi connectivity index (χ2n) is 6.80. The molecule has 154 valence electrons. The number of hydrogen-bond acceptors (Lipinski definition) is 5. The SMILES string of the molecule is CCCSC(C)c1ccc(OC(=O)c2c(C3=C(Cl)C=CCC3Cl)noc2C)cc1. The van der Waals surface area contributed by atoms with E-state index in [1.165, 1.54) is 5.56 Å². The van der Waals surface area contributed by atoms with Crippen LogP contribution in [0.1, 0.15) is 59.3 Å². The molecule has 0 radical (unpaired) electrons. The van der Waals surface area contributed by atoms with Gasteiger partial charge in [-0.3, -0.25) is 0 Å². The number of allylic oxidation sites excluding steroid dienone is 4. The molecule has 7 heteroatoms. The predicted molar refractivity (Wildman–Crippen MR) is 120 cm³/mol. The number of carbonyl (C=O) groups is 1. The largest absolute Gasteiger partial charge is 0.423 e. The van der Waals surface area contributed by atoms with Crippen molar-refractivity contribution < 1.29 is 14.1 Å². The van der Waals surface area contributed by atoms with Gasteiger partial charge in [0.25, 0.3) is 0 Å². The van der Waals surface area contributed by atoms with Crippen molar-refractivity contribution in [3.63, 3.8) is 0 Å². The molecular weight excluding hydrogens is 429 g/mol. The Labute approximate surface area is 185 Å². The fraction of sp³-hybridized carbons (Fsp3) is 0.364. The van der Waals surface area contributed by atoms with Gasteiger partial charge in [0.05, 0.1) is 5.38 Å². The van der Waals surface area contributed by atoms with E-state index in [9.17, 15) is 4.79 Å². The lowest BCUT2D eigenvalue weighted by Crippen LogP contribution is -2.15. The number of rotatable bonds is 7.